The van der Waals surface area contributed by atoms with Gasteiger partial charge in [0.1, 0.15) is 0 Å². The molecule has 0 bridgehead atoms. The summed E-state index contributed by atoms with van der Waals surface area (Å²) in [5.74, 6) is 0.658. The van der Waals surface area contributed by atoms with E-state index in [1.54, 1.807) is 6.92 Å². The maximum absolute atomic E-state index is 11.2. The molecule has 8 heteroatoms. The van der Waals surface area contributed by atoms with E-state index in [0.29, 0.717) is 12.3 Å². The third-order valence-corrected chi connectivity index (χ3v) is 4.16. The Balaban J connectivity index is 2.00. The van der Waals surface area contributed by atoms with Crippen LogP contribution in [-0.2, 0) is 9.84 Å². The van der Waals surface area contributed by atoms with Gasteiger partial charge >= 0.3 is 6.01 Å². The lowest BCUT2D eigenvalue weighted by molar-refractivity contribution is 0.469. The minimum atomic E-state index is -2.90. The highest BCUT2D eigenvalue weighted by molar-refractivity contribution is 7.91. The molecule has 0 spiro atoms. The van der Waals surface area contributed by atoms with E-state index in [9.17, 15) is 8.42 Å². The predicted octanol–water partition coefficient (Wildman–Crippen LogP) is -0.312. The fourth-order valence-corrected chi connectivity index (χ4v) is 3.23. The van der Waals surface area contributed by atoms with E-state index in [-0.39, 0.29) is 29.6 Å². The molecule has 1 aliphatic rings. The first-order valence-corrected chi connectivity index (χ1v) is 6.84. The van der Waals surface area contributed by atoms with Crippen molar-refractivity contribution in [3.05, 3.63) is 5.89 Å². The average Bonchev–Trinajstić information content (AvgIpc) is 2.73. The van der Waals surface area contributed by atoms with Gasteiger partial charge < -0.3 is 15.5 Å². The molecule has 1 aromatic heterocycles. The van der Waals surface area contributed by atoms with Crippen molar-refractivity contribution in [1.82, 2.24) is 10.2 Å². The summed E-state index contributed by atoms with van der Waals surface area (Å²) in [6.07, 6.45) is 0.568. The lowest BCUT2D eigenvalue weighted by Crippen LogP contribution is -2.20. The van der Waals surface area contributed by atoms with Crippen molar-refractivity contribution in [2.24, 2.45) is 5.73 Å². The molecule has 0 aliphatic carbocycles. The van der Waals surface area contributed by atoms with Crippen molar-refractivity contribution < 1.29 is 12.8 Å². The average molecular weight is 246 g/mol. The summed E-state index contributed by atoms with van der Waals surface area (Å²) in [5.41, 5.74) is 5.56. The van der Waals surface area contributed by atoms with E-state index in [1.165, 1.54) is 0 Å². The van der Waals surface area contributed by atoms with Gasteiger partial charge in [-0.25, -0.2) is 8.42 Å². The van der Waals surface area contributed by atoms with Gasteiger partial charge in [-0.15, -0.1) is 5.10 Å². The molecule has 1 aliphatic heterocycles. The molecular formula is C8H14N4O3S. The summed E-state index contributed by atoms with van der Waals surface area (Å²) in [6.45, 7) is 1.73. The summed E-state index contributed by atoms with van der Waals surface area (Å²) in [4.78, 5) is 0. The number of anilines is 1. The third-order valence-electron chi connectivity index (χ3n) is 2.39. The quantitative estimate of drug-likeness (QED) is 0.752. The predicted molar refractivity (Wildman–Crippen MR) is 57.6 cm³/mol. The fraction of sp³-hybridized carbons (Fsp3) is 0.750. The molecule has 2 rings (SSSR count). The number of hydrogen-bond acceptors (Lipinski definition) is 7. The monoisotopic (exact) mass is 246 g/mol. The summed E-state index contributed by atoms with van der Waals surface area (Å²) in [6, 6.07) is -0.240. The molecule has 1 fully saturated rings. The largest absolute Gasteiger partial charge is 0.406 e. The molecule has 7 nitrogen and oxygen atoms in total. The van der Waals surface area contributed by atoms with Gasteiger partial charge in [-0.3, -0.25) is 0 Å². The van der Waals surface area contributed by atoms with Crippen LogP contribution in [0.3, 0.4) is 0 Å². The SMILES string of the molecule is CC(N)c1nnc(NC2CCS(=O)(=O)C2)o1. The number of nitrogens with two attached hydrogens (primary N) is 1. The van der Waals surface area contributed by atoms with Crippen LogP contribution in [0.4, 0.5) is 6.01 Å². The lowest BCUT2D eigenvalue weighted by Gasteiger charge is -2.06. The van der Waals surface area contributed by atoms with Gasteiger partial charge in [-0.1, -0.05) is 5.10 Å². The summed E-state index contributed by atoms with van der Waals surface area (Å²) in [7, 11) is -2.90. The van der Waals surface area contributed by atoms with Crippen molar-refractivity contribution in [3.8, 4) is 0 Å². The van der Waals surface area contributed by atoms with E-state index in [0.717, 1.165) is 0 Å². The minimum absolute atomic E-state index is 0.114. The van der Waals surface area contributed by atoms with Crippen molar-refractivity contribution in [3.63, 3.8) is 0 Å². The highest BCUT2D eigenvalue weighted by atomic mass is 32.2. The lowest BCUT2D eigenvalue weighted by atomic mass is 10.3. The van der Waals surface area contributed by atoms with Crippen LogP contribution in [0.5, 0.6) is 0 Å². The van der Waals surface area contributed by atoms with E-state index >= 15 is 0 Å². The molecule has 1 saturated heterocycles. The summed E-state index contributed by atoms with van der Waals surface area (Å²) < 4.78 is 27.7. The molecule has 3 N–H and O–H groups in total. The maximum atomic E-state index is 11.2. The second-order valence-electron chi connectivity index (χ2n) is 3.98. The van der Waals surface area contributed by atoms with Crippen LogP contribution in [0, 0.1) is 0 Å². The Labute approximate surface area is 93.3 Å². The zero-order valence-corrected chi connectivity index (χ0v) is 9.70. The standard InChI is InChI=1S/C8H14N4O3S/c1-5(9)7-11-12-8(15-7)10-6-2-3-16(13,14)4-6/h5-6H,2-4,9H2,1H3,(H,10,12). The van der Waals surface area contributed by atoms with Crippen molar-refractivity contribution in [1.29, 1.82) is 0 Å². The van der Waals surface area contributed by atoms with Gasteiger partial charge in [0.25, 0.3) is 0 Å². The Morgan fingerprint density at radius 3 is 2.81 bits per heavy atom. The topological polar surface area (TPSA) is 111 Å². The Morgan fingerprint density at radius 1 is 1.56 bits per heavy atom. The van der Waals surface area contributed by atoms with Crippen LogP contribution in [0.25, 0.3) is 0 Å². The second-order valence-corrected chi connectivity index (χ2v) is 6.21. The van der Waals surface area contributed by atoms with Crippen LogP contribution >= 0.6 is 0 Å². The van der Waals surface area contributed by atoms with Crippen LogP contribution < -0.4 is 11.1 Å². The number of rotatable bonds is 3. The van der Waals surface area contributed by atoms with Gasteiger partial charge in [0, 0.05) is 6.04 Å². The number of nitrogens with zero attached hydrogens (tertiary/aromatic N) is 2. The Hall–Kier alpha value is -1.15. The van der Waals surface area contributed by atoms with Crippen molar-refractivity contribution in [2.75, 3.05) is 16.8 Å². The zero-order valence-electron chi connectivity index (χ0n) is 8.88. The molecule has 2 heterocycles. The van der Waals surface area contributed by atoms with Crippen LogP contribution in [0.2, 0.25) is 0 Å². The molecule has 90 valence electrons. The van der Waals surface area contributed by atoms with Crippen LogP contribution in [0.1, 0.15) is 25.3 Å². The second kappa shape index (κ2) is 4.02. The Bertz CT molecular complexity index is 467. The van der Waals surface area contributed by atoms with Crippen molar-refractivity contribution >= 4 is 15.9 Å². The number of nitrogens with one attached hydrogen (secondary N) is 1. The van der Waals surface area contributed by atoms with Crippen LogP contribution in [0.15, 0.2) is 4.42 Å². The van der Waals surface area contributed by atoms with Crippen molar-refractivity contribution in [2.45, 2.75) is 25.4 Å². The summed E-state index contributed by atoms with van der Waals surface area (Å²) in [5, 5.41) is 10.4. The van der Waals surface area contributed by atoms with E-state index in [1.807, 2.05) is 0 Å². The highest BCUT2D eigenvalue weighted by Gasteiger charge is 2.28. The van der Waals surface area contributed by atoms with Crippen LogP contribution in [-0.4, -0.2) is 36.2 Å². The molecule has 1 aromatic rings. The minimum Gasteiger partial charge on any atom is -0.406 e. The smallest absolute Gasteiger partial charge is 0.315 e. The Morgan fingerprint density at radius 2 is 2.31 bits per heavy atom. The molecule has 0 amide bonds. The zero-order chi connectivity index (χ0) is 11.8. The number of hydrogen-bond donors (Lipinski definition) is 2. The van der Waals surface area contributed by atoms with Gasteiger partial charge in [-0.05, 0) is 13.3 Å². The summed E-state index contributed by atoms with van der Waals surface area (Å²) >= 11 is 0. The molecule has 0 aromatic carbocycles. The van der Waals surface area contributed by atoms with E-state index in [4.69, 9.17) is 10.2 Å². The normalized spacial score (nSPS) is 25.5. The molecule has 0 radical (unpaired) electrons. The molecule has 2 atom stereocenters. The van der Waals surface area contributed by atoms with E-state index < -0.39 is 9.84 Å². The van der Waals surface area contributed by atoms with Gasteiger partial charge in [0.05, 0.1) is 17.5 Å². The molecule has 2 unspecified atom stereocenters. The number of sulfone groups is 1. The first kappa shape index (κ1) is 11.3. The maximum Gasteiger partial charge on any atom is 0.315 e. The molecule has 16 heavy (non-hydrogen) atoms. The first-order chi connectivity index (χ1) is 7.46. The number of aromatic nitrogens is 2. The third kappa shape index (κ3) is 2.50. The molecule has 0 saturated carbocycles. The fourth-order valence-electron chi connectivity index (χ4n) is 1.56. The van der Waals surface area contributed by atoms with E-state index in [2.05, 4.69) is 15.5 Å². The molecular weight excluding hydrogens is 232 g/mol. The highest BCUT2D eigenvalue weighted by Crippen LogP contribution is 2.17. The van der Waals surface area contributed by atoms with Gasteiger partial charge in [0.2, 0.25) is 5.89 Å². The van der Waals surface area contributed by atoms with Gasteiger partial charge in [-0.2, -0.15) is 0 Å². The Kier molecular flexibility index (Phi) is 2.85. The van der Waals surface area contributed by atoms with Gasteiger partial charge in [0.15, 0.2) is 9.84 Å². The first-order valence-electron chi connectivity index (χ1n) is 5.02.